The third kappa shape index (κ3) is 3.83. The molecule has 1 amide bonds. The van der Waals surface area contributed by atoms with Crippen molar-refractivity contribution in [1.29, 1.82) is 0 Å². The van der Waals surface area contributed by atoms with Crippen molar-refractivity contribution >= 4 is 5.91 Å². The lowest BCUT2D eigenvalue weighted by Gasteiger charge is -2.35. The first kappa shape index (κ1) is 14.5. The van der Waals surface area contributed by atoms with Crippen LogP contribution >= 0.6 is 0 Å². The van der Waals surface area contributed by atoms with Gasteiger partial charge in [0, 0.05) is 38.2 Å². The first-order chi connectivity index (χ1) is 10.1. The van der Waals surface area contributed by atoms with Gasteiger partial charge in [0.25, 0.3) is 5.91 Å². The maximum absolute atomic E-state index is 12.0. The van der Waals surface area contributed by atoms with Crippen molar-refractivity contribution in [1.82, 2.24) is 15.4 Å². The smallest absolute Gasteiger partial charge is 0.273 e. The molecule has 21 heavy (non-hydrogen) atoms. The number of hydrogen-bond acceptors (Lipinski definition) is 5. The topological polar surface area (TPSA) is 67.6 Å². The SMILES string of the molecule is CC1CN(CCNC(=O)c2cc(C3CC3)on2)CC(C)O1. The van der Waals surface area contributed by atoms with Crippen molar-refractivity contribution < 1.29 is 14.1 Å². The molecule has 1 aromatic heterocycles. The second-order valence-electron chi connectivity index (χ2n) is 6.16. The van der Waals surface area contributed by atoms with E-state index in [1.807, 2.05) is 0 Å². The normalized spacial score (nSPS) is 26.8. The van der Waals surface area contributed by atoms with Gasteiger partial charge in [0.15, 0.2) is 5.69 Å². The lowest BCUT2D eigenvalue weighted by atomic mass is 10.2. The predicted molar refractivity (Wildman–Crippen MR) is 77.3 cm³/mol. The van der Waals surface area contributed by atoms with Crippen LogP contribution in [0.15, 0.2) is 10.6 Å². The van der Waals surface area contributed by atoms with Crippen LogP contribution in [0, 0.1) is 0 Å². The van der Waals surface area contributed by atoms with Gasteiger partial charge in [0.2, 0.25) is 0 Å². The van der Waals surface area contributed by atoms with E-state index in [1.54, 1.807) is 6.07 Å². The second kappa shape index (κ2) is 6.15. The molecule has 2 atom stereocenters. The minimum Gasteiger partial charge on any atom is -0.373 e. The van der Waals surface area contributed by atoms with Gasteiger partial charge in [-0.05, 0) is 26.7 Å². The van der Waals surface area contributed by atoms with Crippen LogP contribution in [0.2, 0.25) is 0 Å². The summed E-state index contributed by atoms with van der Waals surface area (Å²) in [5.41, 5.74) is 0.389. The van der Waals surface area contributed by atoms with Gasteiger partial charge in [0.05, 0.1) is 12.2 Å². The van der Waals surface area contributed by atoms with E-state index >= 15 is 0 Å². The van der Waals surface area contributed by atoms with Gasteiger partial charge < -0.3 is 14.6 Å². The van der Waals surface area contributed by atoms with Gasteiger partial charge in [-0.25, -0.2) is 0 Å². The summed E-state index contributed by atoms with van der Waals surface area (Å²) in [6, 6.07) is 1.77. The average Bonchev–Trinajstić information content (AvgIpc) is 3.15. The van der Waals surface area contributed by atoms with E-state index in [-0.39, 0.29) is 18.1 Å². The van der Waals surface area contributed by atoms with Crippen molar-refractivity contribution in [3.8, 4) is 0 Å². The van der Waals surface area contributed by atoms with E-state index in [1.165, 1.54) is 0 Å². The highest BCUT2D eigenvalue weighted by Gasteiger charge is 2.29. The van der Waals surface area contributed by atoms with Crippen molar-refractivity contribution in [2.45, 2.75) is 44.8 Å². The minimum atomic E-state index is -0.153. The second-order valence-corrected chi connectivity index (χ2v) is 6.16. The molecule has 1 aliphatic carbocycles. The van der Waals surface area contributed by atoms with E-state index in [2.05, 4.69) is 29.2 Å². The molecule has 2 unspecified atom stereocenters. The highest BCUT2D eigenvalue weighted by Crippen LogP contribution is 2.40. The first-order valence-electron chi connectivity index (χ1n) is 7.74. The Kier molecular flexibility index (Phi) is 4.26. The summed E-state index contributed by atoms with van der Waals surface area (Å²) in [6.07, 6.45) is 2.79. The molecule has 116 valence electrons. The van der Waals surface area contributed by atoms with Gasteiger partial charge in [-0.15, -0.1) is 0 Å². The molecule has 2 heterocycles. The summed E-state index contributed by atoms with van der Waals surface area (Å²) in [6.45, 7) is 7.43. The quantitative estimate of drug-likeness (QED) is 0.888. The Hall–Kier alpha value is -1.40. The Morgan fingerprint density at radius 1 is 1.38 bits per heavy atom. The van der Waals surface area contributed by atoms with Gasteiger partial charge >= 0.3 is 0 Å². The largest absolute Gasteiger partial charge is 0.373 e. The summed E-state index contributed by atoms with van der Waals surface area (Å²) in [7, 11) is 0. The van der Waals surface area contributed by atoms with Crippen LogP contribution in [-0.2, 0) is 4.74 Å². The third-order valence-electron chi connectivity index (χ3n) is 3.95. The maximum atomic E-state index is 12.0. The number of rotatable bonds is 5. The van der Waals surface area contributed by atoms with Crippen molar-refractivity contribution in [3.63, 3.8) is 0 Å². The minimum absolute atomic E-state index is 0.153. The maximum Gasteiger partial charge on any atom is 0.273 e. The predicted octanol–water partition coefficient (Wildman–Crippen LogP) is 1.39. The fraction of sp³-hybridized carbons (Fsp3) is 0.733. The molecule has 6 nitrogen and oxygen atoms in total. The standard InChI is InChI=1S/C15H23N3O3/c1-10-8-18(9-11(2)20-10)6-5-16-15(19)13-7-14(21-17-13)12-3-4-12/h7,10-12H,3-6,8-9H2,1-2H3,(H,16,19). The number of amides is 1. The van der Waals surface area contributed by atoms with Crippen LogP contribution in [0.3, 0.4) is 0 Å². The number of carbonyl (C=O) groups excluding carboxylic acids is 1. The van der Waals surface area contributed by atoms with E-state index in [0.29, 0.717) is 18.2 Å². The zero-order valence-electron chi connectivity index (χ0n) is 12.7. The van der Waals surface area contributed by atoms with Crippen molar-refractivity contribution in [2.24, 2.45) is 0 Å². The molecule has 2 fully saturated rings. The van der Waals surface area contributed by atoms with Gasteiger partial charge in [-0.1, -0.05) is 5.16 Å². The number of aromatic nitrogens is 1. The van der Waals surface area contributed by atoms with Crippen LogP contribution in [0.1, 0.15) is 48.9 Å². The summed E-state index contributed by atoms with van der Waals surface area (Å²) < 4.78 is 10.9. The number of hydrogen-bond donors (Lipinski definition) is 1. The molecule has 1 saturated heterocycles. The molecule has 0 radical (unpaired) electrons. The zero-order valence-corrected chi connectivity index (χ0v) is 12.7. The van der Waals surface area contributed by atoms with Gasteiger partial charge in [0.1, 0.15) is 5.76 Å². The molecular formula is C15H23N3O3. The van der Waals surface area contributed by atoms with Crippen LogP contribution in [0.4, 0.5) is 0 Å². The Balaban J connectivity index is 1.42. The number of morpholine rings is 1. The van der Waals surface area contributed by atoms with Crippen LogP contribution in [0.5, 0.6) is 0 Å². The van der Waals surface area contributed by atoms with E-state index in [9.17, 15) is 4.79 Å². The van der Waals surface area contributed by atoms with Gasteiger partial charge in [-0.2, -0.15) is 0 Å². The number of ether oxygens (including phenoxy) is 1. The molecule has 0 bridgehead atoms. The third-order valence-corrected chi connectivity index (χ3v) is 3.95. The Bertz CT molecular complexity index is 488. The Morgan fingerprint density at radius 3 is 2.76 bits per heavy atom. The van der Waals surface area contributed by atoms with Crippen LogP contribution < -0.4 is 5.32 Å². The molecule has 6 heteroatoms. The first-order valence-corrected chi connectivity index (χ1v) is 7.74. The van der Waals surface area contributed by atoms with Crippen molar-refractivity contribution in [3.05, 3.63) is 17.5 Å². The fourth-order valence-corrected chi connectivity index (χ4v) is 2.84. The summed E-state index contributed by atoms with van der Waals surface area (Å²) >= 11 is 0. The molecule has 1 aliphatic heterocycles. The number of nitrogens with zero attached hydrogens (tertiary/aromatic N) is 2. The van der Waals surface area contributed by atoms with Crippen molar-refractivity contribution in [2.75, 3.05) is 26.2 Å². The summed E-state index contributed by atoms with van der Waals surface area (Å²) in [5.74, 6) is 1.17. The molecule has 1 N–H and O–H groups in total. The van der Waals surface area contributed by atoms with E-state index in [4.69, 9.17) is 9.26 Å². The molecule has 0 aromatic carbocycles. The lowest BCUT2D eigenvalue weighted by molar-refractivity contribution is -0.0672. The zero-order chi connectivity index (χ0) is 14.8. The molecule has 0 spiro atoms. The lowest BCUT2D eigenvalue weighted by Crippen LogP contribution is -2.47. The number of carbonyl (C=O) groups is 1. The Labute approximate surface area is 124 Å². The summed E-state index contributed by atoms with van der Waals surface area (Å²) in [4.78, 5) is 14.3. The monoisotopic (exact) mass is 293 g/mol. The van der Waals surface area contributed by atoms with Gasteiger partial charge in [-0.3, -0.25) is 9.69 Å². The fourth-order valence-electron chi connectivity index (χ4n) is 2.84. The highest BCUT2D eigenvalue weighted by molar-refractivity contribution is 5.92. The van der Waals surface area contributed by atoms with Crippen LogP contribution in [0.25, 0.3) is 0 Å². The van der Waals surface area contributed by atoms with E-state index in [0.717, 1.165) is 38.2 Å². The number of nitrogens with one attached hydrogen (secondary N) is 1. The average molecular weight is 293 g/mol. The van der Waals surface area contributed by atoms with E-state index < -0.39 is 0 Å². The summed E-state index contributed by atoms with van der Waals surface area (Å²) in [5, 5.41) is 6.75. The molecule has 1 saturated carbocycles. The molecule has 3 rings (SSSR count). The van der Waals surface area contributed by atoms with Crippen LogP contribution in [-0.4, -0.2) is 54.4 Å². The molecule has 2 aliphatic rings. The molecular weight excluding hydrogens is 270 g/mol. The molecule has 1 aromatic rings. The Morgan fingerprint density at radius 2 is 2.10 bits per heavy atom. The highest BCUT2D eigenvalue weighted by atomic mass is 16.5.